The van der Waals surface area contributed by atoms with Crippen molar-refractivity contribution in [1.82, 2.24) is 10.6 Å². The minimum atomic E-state index is -1.04. The Kier molecular flexibility index (Phi) is 8.37. The largest absolute Gasteiger partial charge is 0.480 e. The number of carboxylic acid groups (broad SMARTS) is 1. The zero-order valence-electron chi connectivity index (χ0n) is 16.6. The number of carboxylic acids is 1. The molecule has 1 rings (SSSR count). The Morgan fingerprint density at radius 1 is 1.08 bits per heavy atom. The Labute approximate surface area is 156 Å². The van der Waals surface area contributed by atoms with E-state index in [-0.39, 0.29) is 5.92 Å². The highest BCUT2D eigenvalue weighted by atomic mass is 16.6. The molecule has 0 aromatic carbocycles. The first-order chi connectivity index (χ1) is 12.0. The summed E-state index contributed by atoms with van der Waals surface area (Å²) in [7, 11) is 0. The molecular weight excluding hydrogens is 336 g/mol. The summed E-state index contributed by atoms with van der Waals surface area (Å²) < 4.78 is 5.21. The van der Waals surface area contributed by atoms with Crippen LogP contribution in [0.1, 0.15) is 73.1 Å². The molecule has 0 bridgehead atoms. The average molecular weight is 370 g/mol. The van der Waals surface area contributed by atoms with E-state index < -0.39 is 35.7 Å². The van der Waals surface area contributed by atoms with Crippen LogP contribution in [0.5, 0.6) is 0 Å². The van der Waals surface area contributed by atoms with Crippen LogP contribution < -0.4 is 10.6 Å². The van der Waals surface area contributed by atoms with E-state index >= 15 is 0 Å². The van der Waals surface area contributed by atoms with Crippen molar-refractivity contribution >= 4 is 18.0 Å². The van der Waals surface area contributed by atoms with E-state index in [9.17, 15) is 19.5 Å². The summed E-state index contributed by atoms with van der Waals surface area (Å²) in [6.45, 7) is 9.10. The Morgan fingerprint density at radius 3 is 2.12 bits per heavy atom. The molecule has 26 heavy (non-hydrogen) atoms. The average Bonchev–Trinajstić information content (AvgIpc) is 2.96. The van der Waals surface area contributed by atoms with Gasteiger partial charge >= 0.3 is 12.1 Å². The molecule has 0 aromatic heterocycles. The summed E-state index contributed by atoms with van der Waals surface area (Å²) in [6.07, 6.45) is 4.39. The van der Waals surface area contributed by atoms with E-state index in [0.717, 1.165) is 25.7 Å². The molecule has 0 heterocycles. The Balaban J connectivity index is 2.72. The predicted octanol–water partition coefficient (Wildman–Crippen LogP) is 3.08. The van der Waals surface area contributed by atoms with E-state index in [1.165, 1.54) is 0 Å². The summed E-state index contributed by atoms with van der Waals surface area (Å²) in [6, 6.07) is -1.75. The molecule has 0 unspecified atom stereocenters. The maximum atomic E-state index is 12.6. The van der Waals surface area contributed by atoms with Gasteiger partial charge in [0.25, 0.3) is 0 Å². The van der Waals surface area contributed by atoms with Crippen LogP contribution in [0.15, 0.2) is 0 Å². The number of carbonyl (C=O) groups excluding carboxylic acids is 2. The zero-order valence-corrected chi connectivity index (χ0v) is 16.6. The molecule has 3 N–H and O–H groups in total. The lowest BCUT2D eigenvalue weighted by Crippen LogP contribution is -2.53. The molecule has 0 aliphatic heterocycles. The van der Waals surface area contributed by atoms with Gasteiger partial charge in [0.1, 0.15) is 17.7 Å². The molecule has 0 saturated heterocycles. The Morgan fingerprint density at radius 2 is 1.65 bits per heavy atom. The maximum Gasteiger partial charge on any atom is 0.408 e. The van der Waals surface area contributed by atoms with Gasteiger partial charge in [0.2, 0.25) is 5.91 Å². The molecule has 1 aliphatic carbocycles. The molecule has 1 saturated carbocycles. The molecule has 1 aliphatic rings. The SMILES string of the molecule is CC(C)C[C@@H](NC(=O)OC(C)(C)C)C(=O)N[C@@H](CC1CCCC1)C(=O)O. The Hall–Kier alpha value is -1.79. The number of rotatable bonds is 8. The second-order valence-corrected chi connectivity index (χ2v) is 8.61. The predicted molar refractivity (Wildman–Crippen MR) is 98.8 cm³/mol. The first-order valence-electron chi connectivity index (χ1n) is 9.50. The third-order valence-corrected chi connectivity index (χ3v) is 4.37. The van der Waals surface area contributed by atoms with E-state index in [1.807, 2.05) is 13.8 Å². The van der Waals surface area contributed by atoms with Crippen LogP contribution in [0, 0.1) is 11.8 Å². The van der Waals surface area contributed by atoms with Crippen LogP contribution in [-0.4, -0.2) is 40.8 Å². The number of aliphatic carboxylic acids is 1. The van der Waals surface area contributed by atoms with Crippen molar-refractivity contribution < 1.29 is 24.2 Å². The summed E-state index contributed by atoms with van der Waals surface area (Å²) >= 11 is 0. The number of hydrogen-bond donors (Lipinski definition) is 3. The van der Waals surface area contributed by atoms with Crippen LogP contribution in [0.25, 0.3) is 0 Å². The molecule has 150 valence electrons. The lowest BCUT2D eigenvalue weighted by molar-refractivity contribution is -0.142. The van der Waals surface area contributed by atoms with Gasteiger partial charge in [-0.25, -0.2) is 9.59 Å². The second kappa shape index (κ2) is 9.78. The minimum Gasteiger partial charge on any atom is -0.480 e. The van der Waals surface area contributed by atoms with Crippen molar-refractivity contribution in [3.63, 3.8) is 0 Å². The van der Waals surface area contributed by atoms with Crippen LogP contribution in [0.2, 0.25) is 0 Å². The lowest BCUT2D eigenvalue weighted by atomic mass is 9.97. The fourth-order valence-electron chi connectivity index (χ4n) is 3.23. The first kappa shape index (κ1) is 22.3. The number of hydrogen-bond acceptors (Lipinski definition) is 4. The van der Waals surface area contributed by atoms with E-state index in [2.05, 4.69) is 10.6 Å². The number of alkyl carbamates (subject to hydrolysis) is 1. The topological polar surface area (TPSA) is 105 Å². The van der Waals surface area contributed by atoms with Gasteiger partial charge in [0.15, 0.2) is 0 Å². The molecule has 0 spiro atoms. The summed E-state index contributed by atoms with van der Waals surface area (Å²) in [5.74, 6) is -1.03. The number of ether oxygens (including phenoxy) is 1. The first-order valence-corrected chi connectivity index (χ1v) is 9.50. The molecule has 7 heteroatoms. The van der Waals surface area contributed by atoms with Gasteiger partial charge in [-0.2, -0.15) is 0 Å². The highest BCUT2D eigenvalue weighted by Crippen LogP contribution is 2.28. The van der Waals surface area contributed by atoms with Crippen LogP contribution in [0.3, 0.4) is 0 Å². The van der Waals surface area contributed by atoms with Crippen molar-refractivity contribution in [1.29, 1.82) is 0 Å². The maximum absolute atomic E-state index is 12.6. The number of carbonyl (C=O) groups is 3. The molecule has 2 amide bonds. The summed E-state index contributed by atoms with van der Waals surface area (Å²) in [5.41, 5.74) is -0.672. The highest BCUT2D eigenvalue weighted by molar-refractivity contribution is 5.89. The fraction of sp³-hybridized carbons (Fsp3) is 0.842. The van der Waals surface area contributed by atoms with Gasteiger partial charge in [-0.3, -0.25) is 4.79 Å². The molecule has 0 aromatic rings. The summed E-state index contributed by atoms with van der Waals surface area (Å²) in [5, 5.41) is 14.6. The molecule has 0 radical (unpaired) electrons. The summed E-state index contributed by atoms with van der Waals surface area (Å²) in [4.78, 5) is 36.2. The van der Waals surface area contributed by atoms with E-state index in [1.54, 1.807) is 20.8 Å². The van der Waals surface area contributed by atoms with Crippen molar-refractivity contribution in [2.24, 2.45) is 11.8 Å². The van der Waals surface area contributed by atoms with Gasteiger partial charge < -0.3 is 20.5 Å². The van der Waals surface area contributed by atoms with Crippen LogP contribution in [0.4, 0.5) is 4.79 Å². The molecule has 1 fully saturated rings. The van der Waals surface area contributed by atoms with Crippen molar-refractivity contribution in [2.75, 3.05) is 0 Å². The van der Waals surface area contributed by atoms with Crippen molar-refractivity contribution in [2.45, 2.75) is 90.8 Å². The molecular formula is C19H34N2O5. The van der Waals surface area contributed by atoms with Crippen LogP contribution in [-0.2, 0) is 14.3 Å². The van der Waals surface area contributed by atoms with Gasteiger partial charge in [0.05, 0.1) is 0 Å². The van der Waals surface area contributed by atoms with Gasteiger partial charge in [-0.15, -0.1) is 0 Å². The van der Waals surface area contributed by atoms with E-state index in [4.69, 9.17) is 4.74 Å². The fourth-order valence-corrected chi connectivity index (χ4v) is 3.23. The van der Waals surface area contributed by atoms with Crippen molar-refractivity contribution in [3.8, 4) is 0 Å². The second-order valence-electron chi connectivity index (χ2n) is 8.61. The van der Waals surface area contributed by atoms with Crippen molar-refractivity contribution in [3.05, 3.63) is 0 Å². The standard InChI is InChI=1S/C19H34N2O5/c1-12(2)10-14(21-18(25)26-19(3,4)5)16(22)20-15(17(23)24)11-13-8-6-7-9-13/h12-15H,6-11H2,1-5H3,(H,20,22)(H,21,25)(H,23,24)/t14-,15+/m1/s1. The van der Waals surface area contributed by atoms with Gasteiger partial charge in [-0.05, 0) is 45.4 Å². The normalized spacial score (nSPS) is 17.6. The number of amides is 2. The van der Waals surface area contributed by atoms with E-state index in [0.29, 0.717) is 18.8 Å². The monoisotopic (exact) mass is 370 g/mol. The third kappa shape index (κ3) is 8.54. The highest BCUT2D eigenvalue weighted by Gasteiger charge is 2.30. The smallest absolute Gasteiger partial charge is 0.408 e. The van der Waals surface area contributed by atoms with Crippen LogP contribution >= 0.6 is 0 Å². The molecule has 7 nitrogen and oxygen atoms in total. The van der Waals surface area contributed by atoms with Gasteiger partial charge in [0, 0.05) is 0 Å². The number of nitrogens with one attached hydrogen (secondary N) is 2. The Bertz CT molecular complexity index is 493. The third-order valence-electron chi connectivity index (χ3n) is 4.37. The minimum absolute atomic E-state index is 0.152. The molecule has 2 atom stereocenters. The quantitative estimate of drug-likeness (QED) is 0.609. The van der Waals surface area contributed by atoms with Gasteiger partial charge in [-0.1, -0.05) is 39.5 Å². The lowest BCUT2D eigenvalue weighted by Gasteiger charge is -2.26. The zero-order chi connectivity index (χ0) is 19.9.